The van der Waals surface area contributed by atoms with Crippen molar-refractivity contribution < 1.29 is 9.47 Å². The molecule has 1 aromatic carbocycles. The van der Waals surface area contributed by atoms with Gasteiger partial charge in [0.05, 0.1) is 13.2 Å². The largest absolute Gasteiger partial charge is 0.493 e. The molecule has 112 valence electrons. The maximum atomic E-state index is 5.83. The molecular weight excluding hydrogens is 248 g/mol. The number of benzene rings is 1. The van der Waals surface area contributed by atoms with Crippen molar-refractivity contribution in [2.75, 3.05) is 19.8 Å². The van der Waals surface area contributed by atoms with Crippen molar-refractivity contribution in [2.45, 2.75) is 40.0 Å². The van der Waals surface area contributed by atoms with Crippen molar-refractivity contribution in [3.8, 4) is 5.75 Å². The fourth-order valence-corrected chi connectivity index (χ4v) is 1.82. The normalized spacial score (nSPS) is 11.3. The molecule has 1 aromatic rings. The Hall–Kier alpha value is -1.28. The van der Waals surface area contributed by atoms with Gasteiger partial charge in [-0.05, 0) is 24.1 Å². The zero-order valence-corrected chi connectivity index (χ0v) is 13.2. The summed E-state index contributed by atoms with van der Waals surface area (Å²) >= 11 is 0. The molecule has 0 heterocycles. The highest BCUT2D eigenvalue weighted by Gasteiger charge is 2.19. The fraction of sp³-hybridized carbons (Fsp3) is 0.556. The lowest BCUT2D eigenvalue weighted by Crippen LogP contribution is -2.27. The van der Waals surface area contributed by atoms with Crippen molar-refractivity contribution in [1.29, 1.82) is 0 Å². The molecule has 0 aliphatic rings. The van der Waals surface area contributed by atoms with Gasteiger partial charge in [0.1, 0.15) is 5.75 Å². The fourth-order valence-electron chi connectivity index (χ4n) is 1.82. The van der Waals surface area contributed by atoms with Gasteiger partial charge in [-0.2, -0.15) is 0 Å². The molecule has 0 amide bonds. The van der Waals surface area contributed by atoms with Crippen LogP contribution in [0.25, 0.3) is 6.08 Å². The van der Waals surface area contributed by atoms with Crippen molar-refractivity contribution in [2.24, 2.45) is 5.41 Å². The quantitative estimate of drug-likeness (QED) is 0.563. The van der Waals surface area contributed by atoms with E-state index >= 15 is 0 Å². The van der Waals surface area contributed by atoms with Crippen molar-refractivity contribution in [3.05, 3.63) is 36.4 Å². The van der Waals surface area contributed by atoms with E-state index in [0.29, 0.717) is 6.61 Å². The van der Waals surface area contributed by atoms with Crippen molar-refractivity contribution >= 4 is 6.08 Å². The van der Waals surface area contributed by atoms with Gasteiger partial charge in [0.2, 0.25) is 0 Å². The summed E-state index contributed by atoms with van der Waals surface area (Å²) < 4.78 is 11.6. The average Bonchev–Trinajstić information content (AvgIpc) is 2.45. The van der Waals surface area contributed by atoms with E-state index in [1.54, 1.807) is 0 Å². The van der Waals surface area contributed by atoms with E-state index in [1.807, 2.05) is 30.3 Å². The molecular formula is C18H28O2. The molecule has 2 heteroatoms. The van der Waals surface area contributed by atoms with E-state index in [4.69, 9.17) is 9.47 Å². The first kappa shape index (κ1) is 16.8. The number of hydrogen-bond donors (Lipinski definition) is 0. The Morgan fingerprint density at radius 2 is 1.80 bits per heavy atom. The molecule has 0 fully saturated rings. The van der Waals surface area contributed by atoms with Gasteiger partial charge in [-0.15, -0.1) is 0 Å². The number of rotatable bonds is 10. The van der Waals surface area contributed by atoms with Crippen LogP contribution in [0.2, 0.25) is 0 Å². The molecule has 0 unspecified atom stereocenters. The Morgan fingerprint density at radius 1 is 1.10 bits per heavy atom. The third-order valence-corrected chi connectivity index (χ3v) is 3.13. The summed E-state index contributed by atoms with van der Waals surface area (Å²) in [4.78, 5) is 0. The van der Waals surface area contributed by atoms with E-state index in [9.17, 15) is 0 Å². The minimum atomic E-state index is 0.0311. The molecule has 0 saturated carbocycles. The Bertz CT molecular complexity index is 379. The Labute approximate surface area is 123 Å². The topological polar surface area (TPSA) is 18.5 Å². The van der Waals surface area contributed by atoms with Crippen LogP contribution >= 0.6 is 0 Å². The lowest BCUT2D eigenvalue weighted by molar-refractivity contribution is 0.0331. The van der Waals surface area contributed by atoms with E-state index in [2.05, 4.69) is 27.4 Å². The van der Waals surface area contributed by atoms with Crippen LogP contribution in [0.15, 0.2) is 30.8 Å². The maximum Gasteiger partial charge on any atom is 0.119 e. The summed E-state index contributed by atoms with van der Waals surface area (Å²) in [5, 5.41) is 0. The van der Waals surface area contributed by atoms with E-state index < -0.39 is 0 Å². The van der Waals surface area contributed by atoms with Crippen LogP contribution in [0, 0.1) is 5.41 Å². The molecule has 0 spiro atoms. The molecule has 0 aromatic heterocycles. The van der Waals surface area contributed by atoms with E-state index in [1.165, 1.54) is 12.8 Å². The Morgan fingerprint density at radius 3 is 2.40 bits per heavy atom. The van der Waals surface area contributed by atoms with Gasteiger partial charge in [-0.25, -0.2) is 0 Å². The molecule has 1 rings (SSSR count). The highest BCUT2D eigenvalue weighted by atomic mass is 16.5. The SMILES string of the molecule is C=Cc1ccc(OCC(C)(C)COCCCCC)cc1. The lowest BCUT2D eigenvalue weighted by atomic mass is 9.96. The second-order valence-electron chi connectivity index (χ2n) is 5.99. The number of ether oxygens (including phenoxy) is 2. The molecule has 0 saturated heterocycles. The Balaban J connectivity index is 2.28. The summed E-state index contributed by atoms with van der Waals surface area (Å²) in [7, 11) is 0. The van der Waals surface area contributed by atoms with Gasteiger partial charge >= 0.3 is 0 Å². The van der Waals surface area contributed by atoms with Gasteiger partial charge in [0.25, 0.3) is 0 Å². The van der Waals surface area contributed by atoms with Crippen LogP contribution in [-0.2, 0) is 4.74 Å². The van der Waals surface area contributed by atoms with Crippen molar-refractivity contribution in [3.63, 3.8) is 0 Å². The molecule has 0 atom stereocenters. The van der Waals surface area contributed by atoms with E-state index in [0.717, 1.165) is 30.9 Å². The minimum absolute atomic E-state index is 0.0311. The molecule has 0 radical (unpaired) electrons. The standard InChI is InChI=1S/C18H28O2/c1-5-7-8-13-19-14-18(3,4)15-20-17-11-9-16(6-2)10-12-17/h6,9-12H,2,5,7-8,13-15H2,1,3-4H3. The second-order valence-corrected chi connectivity index (χ2v) is 5.99. The predicted molar refractivity (Wildman–Crippen MR) is 86.2 cm³/mol. The molecule has 0 aliphatic heterocycles. The first-order valence-corrected chi connectivity index (χ1v) is 7.50. The molecule has 2 nitrogen and oxygen atoms in total. The molecule has 0 N–H and O–H groups in total. The number of hydrogen-bond acceptors (Lipinski definition) is 2. The van der Waals surface area contributed by atoms with Gasteiger partial charge in [0.15, 0.2) is 0 Å². The van der Waals surface area contributed by atoms with Gasteiger partial charge in [-0.3, -0.25) is 0 Å². The summed E-state index contributed by atoms with van der Waals surface area (Å²) in [6.45, 7) is 12.5. The van der Waals surface area contributed by atoms with Crippen LogP contribution in [0.5, 0.6) is 5.75 Å². The summed E-state index contributed by atoms with van der Waals surface area (Å²) in [6, 6.07) is 7.98. The zero-order valence-electron chi connectivity index (χ0n) is 13.2. The zero-order chi connectivity index (χ0) is 14.8. The van der Waals surface area contributed by atoms with Gasteiger partial charge in [0, 0.05) is 12.0 Å². The van der Waals surface area contributed by atoms with Crippen LogP contribution in [0.3, 0.4) is 0 Å². The maximum absolute atomic E-state index is 5.83. The van der Waals surface area contributed by atoms with Gasteiger partial charge < -0.3 is 9.47 Å². The van der Waals surface area contributed by atoms with E-state index in [-0.39, 0.29) is 5.41 Å². The highest BCUT2D eigenvalue weighted by molar-refractivity contribution is 5.48. The van der Waals surface area contributed by atoms with Crippen LogP contribution < -0.4 is 4.74 Å². The first-order valence-electron chi connectivity index (χ1n) is 7.50. The Kier molecular flexibility index (Phi) is 7.38. The van der Waals surface area contributed by atoms with Crippen LogP contribution in [0.1, 0.15) is 45.6 Å². The molecule has 0 bridgehead atoms. The third kappa shape index (κ3) is 6.76. The molecule has 0 aliphatic carbocycles. The first-order chi connectivity index (χ1) is 9.57. The predicted octanol–water partition coefficient (Wildman–Crippen LogP) is 4.94. The van der Waals surface area contributed by atoms with Crippen LogP contribution in [-0.4, -0.2) is 19.8 Å². The number of unbranched alkanes of at least 4 members (excludes halogenated alkanes) is 2. The highest BCUT2D eigenvalue weighted by Crippen LogP contribution is 2.20. The monoisotopic (exact) mass is 276 g/mol. The lowest BCUT2D eigenvalue weighted by Gasteiger charge is -2.24. The summed E-state index contributed by atoms with van der Waals surface area (Å²) in [5.41, 5.74) is 1.14. The van der Waals surface area contributed by atoms with Gasteiger partial charge in [-0.1, -0.05) is 58.4 Å². The summed E-state index contributed by atoms with van der Waals surface area (Å²) in [5.74, 6) is 0.898. The van der Waals surface area contributed by atoms with Crippen molar-refractivity contribution in [1.82, 2.24) is 0 Å². The minimum Gasteiger partial charge on any atom is -0.493 e. The molecule has 20 heavy (non-hydrogen) atoms. The summed E-state index contributed by atoms with van der Waals surface area (Å²) in [6.07, 6.45) is 5.46. The third-order valence-electron chi connectivity index (χ3n) is 3.13. The van der Waals surface area contributed by atoms with Crippen LogP contribution in [0.4, 0.5) is 0 Å². The second kappa shape index (κ2) is 8.80. The average molecular weight is 276 g/mol. The smallest absolute Gasteiger partial charge is 0.119 e.